The van der Waals surface area contributed by atoms with Crippen LogP contribution in [-0.2, 0) is 4.79 Å². The number of hydrogen-bond donors (Lipinski definition) is 0. The van der Waals surface area contributed by atoms with Gasteiger partial charge in [-0.05, 0) is 6.92 Å². The summed E-state index contributed by atoms with van der Waals surface area (Å²) in [6.45, 7) is 1.48. The summed E-state index contributed by atoms with van der Waals surface area (Å²) in [6.07, 6.45) is 0.542. The van der Waals surface area contributed by atoms with Crippen molar-refractivity contribution in [3.05, 3.63) is 0 Å². The summed E-state index contributed by atoms with van der Waals surface area (Å²) in [5.74, 6) is 0. The number of nitrogens with zero attached hydrogens (tertiary/aromatic N) is 1. The highest BCUT2D eigenvalue weighted by Gasteiger charge is 2.02. The zero-order valence-corrected chi connectivity index (χ0v) is 4.39. The first-order valence-corrected chi connectivity index (χ1v) is 2.02. The highest BCUT2D eigenvalue weighted by atomic mass is 19.2. The molecule has 0 fully saturated rings. The van der Waals surface area contributed by atoms with Gasteiger partial charge in [-0.2, -0.15) is 0 Å². The summed E-state index contributed by atoms with van der Waals surface area (Å²) in [4.78, 5) is 9.66. The molecule has 0 aliphatic carbocycles. The monoisotopic (exact) mass is 105 g/mol. The quantitative estimate of drug-likeness (QED) is 0.374. The van der Waals surface area contributed by atoms with Crippen molar-refractivity contribution in [3.63, 3.8) is 0 Å². The predicted molar refractivity (Wildman–Crippen MR) is 24.4 cm³/mol. The normalized spacial score (nSPS) is 14.3. The molecule has 7 heavy (non-hydrogen) atoms. The van der Waals surface area contributed by atoms with Gasteiger partial charge >= 0.3 is 0 Å². The fourth-order valence-electron chi connectivity index (χ4n) is 0.0839. The molecular weight excluding hydrogens is 97.0 g/mol. The lowest BCUT2D eigenvalue weighted by atomic mass is 10.4. The van der Waals surface area contributed by atoms with E-state index in [1.54, 1.807) is 0 Å². The van der Waals surface area contributed by atoms with E-state index >= 15 is 0 Å². The SMILES string of the molecule is CC(C=O)N(C)F. The molecule has 0 aromatic carbocycles. The van der Waals surface area contributed by atoms with Crippen molar-refractivity contribution in [2.75, 3.05) is 7.05 Å². The van der Waals surface area contributed by atoms with Gasteiger partial charge in [0.2, 0.25) is 0 Å². The van der Waals surface area contributed by atoms with Crippen LogP contribution in [0.5, 0.6) is 0 Å². The van der Waals surface area contributed by atoms with E-state index in [0.717, 1.165) is 0 Å². The molecule has 1 atom stereocenters. The van der Waals surface area contributed by atoms with E-state index in [9.17, 15) is 9.28 Å². The van der Waals surface area contributed by atoms with Gasteiger partial charge in [0.15, 0.2) is 0 Å². The van der Waals surface area contributed by atoms with E-state index in [0.29, 0.717) is 11.4 Å². The van der Waals surface area contributed by atoms with E-state index in [1.165, 1.54) is 14.0 Å². The summed E-state index contributed by atoms with van der Waals surface area (Å²) in [6, 6.07) is -0.611. The molecule has 0 amide bonds. The molecule has 0 rings (SSSR count). The first-order valence-electron chi connectivity index (χ1n) is 2.02. The van der Waals surface area contributed by atoms with Gasteiger partial charge in [-0.1, -0.05) is 0 Å². The van der Waals surface area contributed by atoms with Crippen LogP contribution in [0.25, 0.3) is 0 Å². The second-order valence-electron chi connectivity index (χ2n) is 1.40. The number of aldehydes is 1. The molecule has 0 saturated carbocycles. The van der Waals surface area contributed by atoms with Crippen molar-refractivity contribution < 1.29 is 9.28 Å². The topological polar surface area (TPSA) is 20.3 Å². The Morgan fingerprint density at radius 2 is 2.29 bits per heavy atom. The van der Waals surface area contributed by atoms with Crippen molar-refractivity contribution in [1.29, 1.82) is 0 Å². The van der Waals surface area contributed by atoms with Gasteiger partial charge in [0.05, 0.1) is 6.04 Å². The number of likely N-dealkylation sites (N-methyl/N-ethyl adjacent to an activating group) is 1. The van der Waals surface area contributed by atoms with E-state index in [-0.39, 0.29) is 0 Å². The molecule has 0 spiro atoms. The Morgan fingerprint density at radius 3 is 2.29 bits per heavy atom. The standard InChI is InChI=1S/C4H8FNO/c1-4(3-7)6(2)5/h3-4H,1-2H3. The molecule has 0 aliphatic heterocycles. The molecule has 0 saturated heterocycles. The van der Waals surface area contributed by atoms with E-state index in [1.807, 2.05) is 0 Å². The van der Waals surface area contributed by atoms with Crippen LogP contribution < -0.4 is 0 Å². The minimum atomic E-state index is -0.611. The Balaban J connectivity index is 3.33. The highest BCUT2D eigenvalue weighted by Crippen LogP contribution is 1.88. The van der Waals surface area contributed by atoms with Crippen LogP contribution in [0.15, 0.2) is 0 Å². The molecule has 0 bridgehead atoms. The van der Waals surface area contributed by atoms with Crippen molar-refractivity contribution >= 4 is 6.29 Å². The van der Waals surface area contributed by atoms with Gasteiger partial charge < -0.3 is 4.79 Å². The van der Waals surface area contributed by atoms with E-state index < -0.39 is 6.04 Å². The van der Waals surface area contributed by atoms with Gasteiger partial charge in [0.25, 0.3) is 0 Å². The van der Waals surface area contributed by atoms with Crippen molar-refractivity contribution in [1.82, 2.24) is 5.12 Å². The van der Waals surface area contributed by atoms with Crippen molar-refractivity contribution in [2.24, 2.45) is 0 Å². The number of hydrogen-bond acceptors (Lipinski definition) is 2. The average molecular weight is 105 g/mol. The lowest BCUT2D eigenvalue weighted by Gasteiger charge is -2.04. The summed E-state index contributed by atoms with van der Waals surface area (Å²) in [5.41, 5.74) is 0. The first kappa shape index (κ1) is 6.56. The second-order valence-corrected chi connectivity index (χ2v) is 1.40. The molecule has 2 nitrogen and oxygen atoms in total. The van der Waals surface area contributed by atoms with E-state index in [2.05, 4.69) is 0 Å². The number of carbonyl (C=O) groups excluding carboxylic acids is 1. The molecule has 0 N–H and O–H groups in total. The molecule has 1 unspecified atom stereocenters. The molecule has 3 heteroatoms. The van der Waals surface area contributed by atoms with Crippen LogP contribution in [0, 0.1) is 0 Å². The van der Waals surface area contributed by atoms with Crippen LogP contribution in [0.4, 0.5) is 4.48 Å². The molecule has 0 aromatic rings. The molecule has 42 valence electrons. The third-order valence-corrected chi connectivity index (χ3v) is 0.758. The van der Waals surface area contributed by atoms with Gasteiger partial charge in [0, 0.05) is 7.05 Å². The molecule has 0 heterocycles. The molecule has 0 aromatic heterocycles. The lowest BCUT2D eigenvalue weighted by molar-refractivity contribution is -0.116. The van der Waals surface area contributed by atoms with Crippen molar-refractivity contribution in [2.45, 2.75) is 13.0 Å². The fraction of sp³-hybridized carbons (Fsp3) is 0.750. The van der Waals surface area contributed by atoms with E-state index in [4.69, 9.17) is 0 Å². The summed E-state index contributed by atoms with van der Waals surface area (Å²) in [7, 11) is 1.21. The van der Waals surface area contributed by atoms with Gasteiger partial charge in [0.1, 0.15) is 6.29 Å². The van der Waals surface area contributed by atoms with Crippen molar-refractivity contribution in [3.8, 4) is 0 Å². The Bertz CT molecular complexity index is 64.7. The zero-order valence-electron chi connectivity index (χ0n) is 4.39. The smallest absolute Gasteiger partial charge is 0.139 e. The zero-order chi connectivity index (χ0) is 5.86. The highest BCUT2D eigenvalue weighted by molar-refractivity contribution is 5.56. The molecule has 0 aliphatic rings. The summed E-state index contributed by atoms with van der Waals surface area (Å²) in [5, 5.41) is 0.354. The van der Waals surface area contributed by atoms with Crippen LogP contribution >= 0.6 is 0 Å². The number of halogens is 1. The number of rotatable bonds is 2. The van der Waals surface area contributed by atoms with Crippen LogP contribution in [0.3, 0.4) is 0 Å². The van der Waals surface area contributed by atoms with Crippen LogP contribution in [-0.4, -0.2) is 24.5 Å². The Labute approximate surface area is 41.9 Å². The minimum absolute atomic E-state index is 0.354. The fourth-order valence-corrected chi connectivity index (χ4v) is 0.0839. The molecule has 0 radical (unpaired) electrons. The Morgan fingerprint density at radius 1 is 1.86 bits per heavy atom. The third-order valence-electron chi connectivity index (χ3n) is 0.758. The van der Waals surface area contributed by atoms with Gasteiger partial charge in [-0.25, -0.2) is 0 Å². The second kappa shape index (κ2) is 2.69. The minimum Gasteiger partial charge on any atom is -0.302 e. The first-order chi connectivity index (χ1) is 3.18. The third kappa shape index (κ3) is 2.28. The Kier molecular flexibility index (Phi) is 2.52. The molecular formula is C4H8FNO. The lowest BCUT2D eigenvalue weighted by Crippen LogP contribution is -2.21. The maximum Gasteiger partial charge on any atom is 0.139 e. The summed E-state index contributed by atoms with van der Waals surface area (Å²) >= 11 is 0. The Hall–Kier alpha value is -0.440. The van der Waals surface area contributed by atoms with Crippen LogP contribution in [0.2, 0.25) is 0 Å². The van der Waals surface area contributed by atoms with Crippen LogP contribution in [0.1, 0.15) is 6.92 Å². The number of carbonyl (C=O) groups is 1. The average Bonchev–Trinajstić information content (AvgIpc) is 1.65. The maximum atomic E-state index is 11.7. The van der Waals surface area contributed by atoms with Gasteiger partial charge in [-0.3, -0.25) is 0 Å². The predicted octanol–water partition coefficient (Wildman–Crippen LogP) is 0.390. The van der Waals surface area contributed by atoms with Gasteiger partial charge in [-0.15, -0.1) is 9.60 Å². The summed E-state index contributed by atoms with van der Waals surface area (Å²) < 4.78 is 11.7. The largest absolute Gasteiger partial charge is 0.302 e. The maximum absolute atomic E-state index is 11.7.